The van der Waals surface area contributed by atoms with Crippen LogP contribution in [-0.2, 0) is 9.53 Å². The molecule has 0 aromatic rings. The van der Waals surface area contributed by atoms with E-state index < -0.39 is 0 Å². The first kappa shape index (κ1) is 13.8. The second-order valence-electron chi connectivity index (χ2n) is 3.06. The lowest BCUT2D eigenvalue weighted by molar-refractivity contribution is -0.138. The molecule has 82 valence electrons. The minimum absolute atomic E-state index is 0.0377. The van der Waals surface area contributed by atoms with Gasteiger partial charge < -0.3 is 4.74 Å². The summed E-state index contributed by atoms with van der Waals surface area (Å²) >= 11 is 10.5. The highest BCUT2D eigenvalue weighted by atomic mass is 35.5. The van der Waals surface area contributed by atoms with Crippen molar-refractivity contribution in [1.29, 1.82) is 0 Å². The molecule has 0 atom stereocenters. The second kappa shape index (κ2) is 9.35. The highest BCUT2D eigenvalue weighted by Gasteiger charge is 2.00. The van der Waals surface area contributed by atoms with E-state index in [-0.39, 0.29) is 10.5 Å². The predicted octanol–water partition coefficient (Wildman–Crippen LogP) is 4.17. The number of hydrogen-bond donors (Lipinski definition) is 0. The summed E-state index contributed by atoms with van der Waals surface area (Å²) in [6, 6.07) is 0. The van der Waals surface area contributed by atoms with Crippen molar-refractivity contribution in [2.45, 2.75) is 45.4 Å². The lowest BCUT2D eigenvalue weighted by Crippen LogP contribution is -1.98. The molecule has 0 aliphatic carbocycles. The number of hydrogen-bond acceptors (Lipinski definition) is 2. The van der Waals surface area contributed by atoms with Crippen molar-refractivity contribution < 1.29 is 9.53 Å². The van der Waals surface area contributed by atoms with Crippen LogP contribution >= 0.6 is 23.2 Å². The number of carbonyl (C=O) groups excluding carboxylic acids is 1. The summed E-state index contributed by atoms with van der Waals surface area (Å²) in [6.07, 6.45) is 7.03. The Labute approximate surface area is 95.2 Å². The molecule has 0 aliphatic rings. The zero-order valence-corrected chi connectivity index (χ0v) is 9.90. The van der Waals surface area contributed by atoms with Crippen LogP contribution in [0.4, 0.5) is 0 Å². The number of carbonyl (C=O) groups is 1. The fourth-order valence-electron chi connectivity index (χ4n) is 1.04. The molecule has 0 radical (unpaired) electrons. The minimum atomic E-state index is -0.278. The van der Waals surface area contributed by atoms with Gasteiger partial charge >= 0.3 is 5.97 Å². The van der Waals surface area contributed by atoms with Crippen molar-refractivity contribution in [2.24, 2.45) is 0 Å². The van der Waals surface area contributed by atoms with Crippen molar-refractivity contribution >= 4 is 29.2 Å². The van der Waals surface area contributed by atoms with Gasteiger partial charge in [0.2, 0.25) is 0 Å². The van der Waals surface area contributed by atoms with E-state index >= 15 is 0 Å². The molecule has 0 bridgehead atoms. The third kappa shape index (κ3) is 9.87. The predicted molar refractivity (Wildman–Crippen MR) is 59.3 cm³/mol. The van der Waals surface area contributed by atoms with Crippen LogP contribution in [-0.4, -0.2) is 5.97 Å². The van der Waals surface area contributed by atoms with Crippen molar-refractivity contribution in [2.75, 3.05) is 0 Å². The first-order valence-corrected chi connectivity index (χ1v) is 5.63. The van der Waals surface area contributed by atoms with Crippen LogP contribution < -0.4 is 0 Å². The van der Waals surface area contributed by atoms with Gasteiger partial charge in [0.15, 0.2) is 0 Å². The molecule has 4 heteroatoms. The van der Waals surface area contributed by atoms with Crippen LogP contribution in [0.5, 0.6) is 0 Å². The van der Waals surface area contributed by atoms with Crippen LogP contribution in [0.25, 0.3) is 0 Å². The maximum Gasteiger partial charge on any atom is 0.310 e. The molecule has 0 amide bonds. The Morgan fingerprint density at radius 1 is 1.21 bits per heavy atom. The van der Waals surface area contributed by atoms with Gasteiger partial charge in [0.1, 0.15) is 10.8 Å². The van der Waals surface area contributed by atoms with E-state index in [1.165, 1.54) is 19.3 Å². The molecule has 0 N–H and O–H groups in total. The van der Waals surface area contributed by atoms with Crippen molar-refractivity contribution in [3.8, 4) is 0 Å². The Hall–Kier alpha value is -0.210. The van der Waals surface area contributed by atoms with Crippen LogP contribution in [0.3, 0.4) is 0 Å². The number of halogens is 2. The zero-order chi connectivity index (χ0) is 10.8. The van der Waals surface area contributed by atoms with Gasteiger partial charge in [-0.2, -0.15) is 0 Å². The van der Waals surface area contributed by atoms with Gasteiger partial charge in [-0.1, -0.05) is 55.8 Å². The zero-order valence-electron chi connectivity index (χ0n) is 8.39. The summed E-state index contributed by atoms with van der Waals surface area (Å²) in [7, 11) is 0. The van der Waals surface area contributed by atoms with E-state index in [9.17, 15) is 4.79 Å². The van der Waals surface area contributed by atoms with E-state index in [4.69, 9.17) is 23.2 Å². The summed E-state index contributed by atoms with van der Waals surface area (Å²) < 4.78 is 4.61. The SMILES string of the molecule is CCCCCCCC(=O)OC=C(Cl)Cl. The highest BCUT2D eigenvalue weighted by molar-refractivity contribution is 6.55. The Kier molecular flexibility index (Phi) is 9.21. The lowest BCUT2D eigenvalue weighted by atomic mass is 10.1. The van der Waals surface area contributed by atoms with E-state index in [0.29, 0.717) is 6.42 Å². The summed E-state index contributed by atoms with van der Waals surface area (Å²) in [6.45, 7) is 2.15. The van der Waals surface area contributed by atoms with Gasteiger partial charge in [-0.15, -0.1) is 0 Å². The minimum Gasteiger partial charge on any atom is -0.432 e. The summed E-state index contributed by atoms with van der Waals surface area (Å²) in [4.78, 5) is 11.0. The molecule has 0 aromatic carbocycles. The Morgan fingerprint density at radius 2 is 1.86 bits per heavy atom. The van der Waals surface area contributed by atoms with E-state index in [2.05, 4.69) is 11.7 Å². The van der Waals surface area contributed by atoms with Gasteiger partial charge in [-0.25, -0.2) is 0 Å². The monoisotopic (exact) mass is 238 g/mol. The highest BCUT2D eigenvalue weighted by Crippen LogP contribution is 2.08. The molecule has 0 heterocycles. The average molecular weight is 239 g/mol. The number of rotatable bonds is 7. The third-order valence-corrected chi connectivity index (χ3v) is 1.94. The Bertz CT molecular complexity index is 187. The van der Waals surface area contributed by atoms with Gasteiger partial charge in [0, 0.05) is 6.42 Å². The average Bonchev–Trinajstić information content (AvgIpc) is 2.14. The standard InChI is InChI=1S/C10H16Cl2O2/c1-2-3-4-5-6-7-10(13)14-8-9(11)12/h8H,2-7H2,1H3. The smallest absolute Gasteiger partial charge is 0.310 e. The van der Waals surface area contributed by atoms with Crippen LogP contribution in [0, 0.1) is 0 Å². The fourth-order valence-corrected chi connectivity index (χ4v) is 1.13. The maximum atomic E-state index is 11.0. The summed E-state index contributed by atoms with van der Waals surface area (Å²) in [5.41, 5.74) is 0. The molecule has 0 saturated heterocycles. The summed E-state index contributed by atoms with van der Waals surface area (Å²) in [5, 5.41) is 0. The molecule has 0 rings (SSSR count). The Balaban J connectivity index is 3.32. The molecule has 2 nitrogen and oxygen atoms in total. The topological polar surface area (TPSA) is 26.3 Å². The normalized spacial score (nSPS) is 9.64. The van der Waals surface area contributed by atoms with Crippen LogP contribution in [0.2, 0.25) is 0 Å². The molecule has 0 aliphatic heterocycles. The van der Waals surface area contributed by atoms with E-state index in [1.54, 1.807) is 0 Å². The number of ether oxygens (including phenoxy) is 1. The maximum absolute atomic E-state index is 11.0. The van der Waals surface area contributed by atoms with E-state index in [0.717, 1.165) is 19.1 Å². The van der Waals surface area contributed by atoms with Crippen LogP contribution in [0.1, 0.15) is 45.4 Å². The molecule has 0 unspecified atom stereocenters. The first-order chi connectivity index (χ1) is 6.66. The number of esters is 1. The van der Waals surface area contributed by atoms with Gasteiger partial charge in [0.25, 0.3) is 0 Å². The third-order valence-electron chi connectivity index (χ3n) is 1.76. The Morgan fingerprint density at radius 3 is 2.43 bits per heavy atom. The number of unbranched alkanes of at least 4 members (excludes halogenated alkanes) is 4. The van der Waals surface area contributed by atoms with Gasteiger partial charge in [-0.3, -0.25) is 4.79 Å². The second-order valence-corrected chi connectivity index (χ2v) is 4.07. The molecular weight excluding hydrogens is 223 g/mol. The largest absolute Gasteiger partial charge is 0.432 e. The van der Waals surface area contributed by atoms with Crippen molar-refractivity contribution in [3.05, 3.63) is 10.8 Å². The van der Waals surface area contributed by atoms with Gasteiger partial charge in [-0.05, 0) is 6.42 Å². The molecule has 0 fully saturated rings. The molecule has 0 spiro atoms. The molecule has 14 heavy (non-hydrogen) atoms. The fraction of sp³-hybridized carbons (Fsp3) is 0.700. The lowest BCUT2D eigenvalue weighted by Gasteiger charge is -1.99. The first-order valence-electron chi connectivity index (χ1n) is 4.87. The summed E-state index contributed by atoms with van der Waals surface area (Å²) in [5.74, 6) is -0.278. The van der Waals surface area contributed by atoms with Crippen molar-refractivity contribution in [1.82, 2.24) is 0 Å². The van der Waals surface area contributed by atoms with E-state index in [1.807, 2.05) is 0 Å². The molecular formula is C10H16Cl2O2. The van der Waals surface area contributed by atoms with Gasteiger partial charge in [0.05, 0.1) is 0 Å². The molecule has 0 saturated carbocycles. The van der Waals surface area contributed by atoms with Crippen LogP contribution in [0.15, 0.2) is 10.8 Å². The molecule has 0 aromatic heterocycles. The quantitative estimate of drug-likeness (QED) is 0.378. The van der Waals surface area contributed by atoms with Crippen molar-refractivity contribution in [3.63, 3.8) is 0 Å².